The third kappa shape index (κ3) is 1.49. The molecular formula is C15H23NO. The summed E-state index contributed by atoms with van der Waals surface area (Å²) in [6.07, 6.45) is 15.0. The van der Waals surface area contributed by atoms with Crippen LogP contribution in [0.5, 0.6) is 0 Å². The first kappa shape index (κ1) is 11.3. The highest BCUT2D eigenvalue weighted by molar-refractivity contribution is 5.91. The van der Waals surface area contributed by atoms with Crippen molar-refractivity contribution in [1.29, 1.82) is 0 Å². The van der Waals surface area contributed by atoms with E-state index in [2.05, 4.69) is 19.1 Å². The summed E-state index contributed by atoms with van der Waals surface area (Å²) in [7, 11) is 0. The molecule has 94 valence electrons. The predicted molar refractivity (Wildman–Crippen MR) is 70.3 cm³/mol. The van der Waals surface area contributed by atoms with Crippen LogP contribution in [0, 0.1) is 5.41 Å². The molecule has 2 nitrogen and oxygen atoms in total. The second-order valence-corrected chi connectivity index (χ2v) is 5.76. The molecule has 0 aromatic heterocycles. The lowest BCUT2D eigenvalue weighted by Gasteiger charge is -2.57. The van der Waals surface area contributed by atoms with E-state index in [1.807, 2.05) is 0 Å². The molecule has 1 fully saturated rings. The van der Waals surface area contributed by atoms with E-state index in [1.54, 1.807) is 0 Å². The second kappa shape index (κ2) is 4.15. The van der Waals surface area contributed by atoms with Crippen molar-refractivity contribution in [2.24, 2.45) is 10.4 Å². The van der Waals surface area contributed by atoms with Crippen molar-refractivity contribution in [3.63, 3.8) is 0 Å². The molecule has 0 unspecified atom stereocenters. The Bertz CT molecular complexity index is 360. The van der Waals surface area contributed by atoms with E-state index in [1.165, 1.54) is 38.5 Å². The molecule has 0 aromatic carbocycles. The van der Waals surface area contributed by atoms with E-state index in [0.29, 0.717) is 0 Å². The van der Waals surface area contributed by atoms with E-state index in [9.17, 15) is 0 Å². The topological polar surface area (TPSA) is 21.6 Å². The van der Waals surface area contributed by atoms with Gasteiger partial charge in [0.05, 0.1) is 17.6 Å². The van der Waals surface area contributed by atoms with Crippen LogP contribution >= 0.6 is 0 Å². The van der Waals surface area contributed by atoms with Crippen molar-refractivity contribution < 1.29 is 4.74 Å². The van der Waals surface area contributed by atoms with Crippen LogP contribution in [0.4, 0.5) is 0 Å². The minimum atomic E-state index is 0.215. The number of rotatable bonds is 1. The number of ether oxygens (including phenoxy) is 1. The van der Waals surface area contributed by atoms with E-state index < -0.39 is 0 Å². The lowest BCUT2D eigenvalue weighted by molar-refractivity contribution is 0.0677. The van der Waals surface area contributed by atoms with Gasteiger partial charge in [0.15, 0.2) is 5.90 Å². The van der Waals surface area contributed by atoms with Crippen LogP contribution < -0.4 is 0 Å². The van der Waals surface area contributed by atoms with Crippen LogP contribution in [-0.4, -0.2) is 18.0 Å². The van der Waals surface area contributed by atoms with Gasteiger partial charge in [-0.25, -0.2) is 4.99 Å². The number of hydrogen-bond donors (Lipinski definition) is 0. The van der Waals surface area contributed by atoms with E-state index in [4.69, 9.17) is 9.73 Å². The van der Waals surface area contributed by atoms with Crippen LogP contribution in [0.15, 0.2) is 17.1 Å². The summed E-state index contributed by atoms with van der Waals surface area (Å²) in [4.78, 5) is 4.92. The maximum Gasteiger partial charge on any atom is 0.193 e. The van der Waals surface area contributed by atoms with Crippen molar-refractivity contribution in [1.82, 2.24) is 0 Å². The molecule has 0 N–H and O–H groups in total. The molecular weight excluding hydrogens is 210 g/mol. The normalized spacial score (nSPS) is 40.2. The Labute approximate surface area is 104 Å². The van der Waals surface area contributed by atoms with Gasteiger partial charge in [0.25, 0.3) is 0 Å². The van der Waals surface area contributed by atoms with Gasteiger partial charge in [-0.05, 0) is 32.6 Å². The van der Waals surface area contributed by atoms with Crippen molar-refractivity contribution in [3.8, 4) is 0 Å². The van der Waals surface area contributed by atoms with Gasteiger partial charge in [0.2, 0.25) is 0 Å². The number of allylic oxidation sites excluding steroid dienone is 1. The Kier molecular flexibility index (Phi) is 2.76. The summed E-state index contributed by atoms with van der Waals surface area (Å²) in [5.41, 5.74) is 0.491. The predicted octanol–water partition coefficient (Wildman–Crippen LogP) is 3.86. The Balaban J connectivity index is 1.94. The molecule has 3 rings (SSSR count). The third-order valence-corrected chi connectivity index (χ3v) is 4.93. The second-order valence-electron chi connectivity index (χ2n) is 5.76. The van der Waals surface area contributed by atoms with Gasteiger partial charge in [0, 0.05) is 0 Å². The number of aliphatic imine (C=N–C) groups is 1. The highest BCUT2D eigenvalue weighted by Gasteiger charge is 2.62. The molecule has 0 amide bonds. The van der Waals surface area contributed by atoms with Gasteiger partial charge in [-0.15, -0.1) is 0 Å². The highest BCUT2D eigenvalue weighted by atomic mass is 16.5. The molecule has 1 saturated carbocycles. The van der Waals surface area contributed by atoms with Crippen LogP contribution in [0.3, 0.4) is 0 Å². The molecule has 0 spiro atoms. The zero-order valence-electron chi connectivity index (χ0n) is 10.9. The van der Waals surface area contributed by atoms with E-state index in [0.717, 1.165) is 25.3 Å². The van der Waals surface area contributed by atoms with Crippen molar-refractivity contribution in [2.45, 2.75) is 63.8 Å². The van der Waals surface area contributed by atoms with E-state index in [-0.39, 0.29) is 11.0 Å². The Morgan fingerprint density at radius 3 is 2.71 bits per heavy atom. The highest BCUT2D eigenvalue weighted by Crippen LogP contribution is 2.58. The molecule has 17 heavy (non-hydrogen) atoms. The van der Waals surface area contributed by atoms with Gasteiger partial charge < -0.3 is 4.74 Å². The van der Waals surface area contributed by atoms with Gasteiger partial charge in [-0.2, -0.15) is 0 Å². The molecule has 2 aliphatic carbocycles. The van der Waals surface area contributed by atoms with Crippen molar-refractivity contribution in [3.05, 3.63) is 12.2 Å². The quantitative estimate of drug-likeness (QED) is 0.630. The molecule has 0 saturated heterocycles. The molecule has 0 radical (unpaired) electrons. The monoisotopic (exact) mass is 233 g/mol. The molecule has 0 bridgehead atoms. The van der Waals surface area contributed by atoms with Crippen molar-refractivity contribution >= 4 is 5.90 Å². The molecule has 2 heteroatoms. The SMILES string of the molecule is CCOC1=N[C@]23CC=CC[C@]12CCCCCC3. The van der Waals surface area contributed by atoms with Crippen LogP contribution in [-0.2, 0) is 4.74 Å². The Hall–Kier alpha value is -0.790. The summed E-state index contributed by atoms with van der Waals surface area (Å²) in [5, 5.41) is 0. The number of nitrogens with zero attached hydrogens (tertiary/aromatic N) is 1. The zero-order valence-corrected chi connectivity index (χ0v) is 10.9. The Morgan fingerprint density at radius 2 is 1.88 bits per heavy atom. The van der Waals surface area contributed by atoms with Crippen LogP contribution in [0.1, 0.15) is 58.3 Å². The lowest BCUT2D eigenvalue weighted by Crippen LogP contribution is -2.62. The maximum atomic E-state index is 5.81. The first-order valence-electron chi connectivity index (χ1n) is 7.21. The zero-order chi connectivity index (χ0) is 11.8. The minimum absolute atomic E-state index is 0.215. The van der Waals surface area contributed by atoms with Gasteiger partial charge in [-0.1, -0.05) is 37.8 Å². The molecule has 0 aromatic rings. The summed E-state index contributed by atoms with van der Waals surface area (Å²) >= 11 is 0. The van der Waals surface area contributed by atoms with Crippen LogP contribution in [0.2, 0.25) is 0 Å². The maximum absolute atomic E-state index is 5.81. The molecule has 1 heterocycles. The molecule has 3 aliphatic rings. The smallest absolute Gasteiger partial charge is 0.193 e. The first-order valence-corrected chi connectivity index (χ1v) is 7.21. The standard InChI is InChI=1S/C15H23NO/c1-2-17-13-14-9-5-3-4-6-11-15(14,16-13)12-8-7-10-14/h7-8H,2-6,9-12H2,1H3/t14-,15-/m1/s1. The fourth-order valence-corrected chi connectivity index (χ4v) is 3.98. The average molecular weight is 233 g/mol. The minimum Gasteiger partial charge on any atom is -0.481 e. The molecule has 1 aliphatic heterocycles. The largest absolute Gasteiger partial charge is 0.481 e. The fraction of sp³-hybridized carbons (Fsp3) is 0.800. The lowest BCUT2D eigenvalue weighted by atomic mass is 9.54. The number of hydrogen-bond acceptors (Lipinski definition) is 2. The molecule has 2 atom stereocenters. The summed E-state index contributed by atoms with van der Waals surface area (Å²) in [6.45, 7) is 2.83. The summed E-state index contributed by atoms with van der Waals surface area (Å²) in [5.74, 6) is 1.08. The first-order chi connectivity index (χ1) is 8.33. The van der Waals surface area contributed by atoms with Gasteiger partial charge in [0.1, 0.15) is 0 Å². The van der Waals surface area contributed by atoms with E-state index >= 15 is 0 Å². The van der Waals surface area contributed by atoms with Gasteiger partial charge >= 0.3 is 0 Å². The summed E-state index contributed by atoms with van der Waals surface area (Å²) < 4.78 is 5.81. The van der Waals surface area contributed by atoms with Gasteiger partial charge in [-0.3, -0.25) is 0 Å². The van der Waals surface area contributed by atoms with Crippen molar-refractivity contribution in [2.75, 3.05) is 6.61 Å². The Morgan fingerprint density at radius 1 is 1.12 bits per heavy atom. The van der Waals surface area contributed by atoms with Crippen LogP contribution in [0.25, 0.3) is 0 Å². The average Bonchev–Trinajstić information content (AvgIpc) is 2.30. The summed E-state index contributed by atoms with van der Waals surface area (Å²) in [6, 6.07) is 0. The fourth-order valence-electron chi connectivity index (χ4n) is 3.98. The third-order valence-electron chi connectivity index (χ3n) is 4.93.